The van der Waals surface area contributed by atoms with Crippen LogP contribution in [-0.4, -0.2) is 16.0 Å². The monoisotopic (exact) mass is 419 g/mol. The fraction of sp³-hybridized carbons (Fsp3) is 0.0870. The number of ether oxygens (including phenoxy) is 1. The Morgan fingerprint density at radius 1 is 0.933 bits per heavy atom. The molecule has 0 aliphatic heterocycles. The van der Waals surface area contributed by atoms with Gasteiger partial charge in [-0.25, -0.2) is 0 Å². The number of hydrogen-bond acceptors (Lipinski definition) is 5. The van der Waals surface area contributed by atoms with Gasteiger partial charge in [0.15, 0.2) is 5.75 Å². The summed E-state index contributed by atoms with van der Waals surface area (Å²) >= 11 is 6.16. The summed E-state index contributed by atoms with van der Waals surface area (Å²) in [5.74, 6) is 1.74. The van der Waals surface area contributed by atoms with Crippen LogP contribution in [0.25, 0.3) is 11.4 Å². The van der Waals surface area contributed by atoms with Gasteiger partial charge in [0.05, 0.1) is 10.7 Å². The molecular weight excluding hydrogens is 402 g/mol. The highest BCUT2D eigenvalue weighted by atomic mass is 35.5. The Morgan fingerprint density at radius 3 is 2.43 bits per heavy atom. The number of carbonyl (C=O) groups is 1. The van der Waals surface area contributed by atoms with E-state index in [9.17, 15) is 4.79 Å². The number of aromatic nitrogens is 2. The summed E-state index contributed by atoms with van der Waals surface area (Å²) < 4.78 is 11.1. The predicted octanol–water partition coefficient (Wildman–Crippen LogP) is 5.75. The fourth-order valence-corrected chi connectivity index (χ4v) is 2.97. The number of rotatable bonds is 7. The van der Waals surface area contributed by atoms with Crippen LogP contribution in [0.4, 0.5) is 5.69 Å². The van der Waals surface area contributed by atoms with Crippen molar-refractivity contribution in [3.63, 3.8) is 0 Å². The smallest absolute Gasteiger partial charge is 0.227 e. The van der Waals surface area contributed by atoms with Crippen LogP contribution in [0.3, 0.4) is 0 Å². The number of nitrogens with zero attached hydrogens (tertiary/aromatic N) is 2. The highest BCUT2D eigenvalue weighted by Crippen LogP contribution is 2.33. The molecule has 1 aromatic heterocycles. The van der Waals surface area contributed by atoms with Crippen molar-refractivity contribution in [2.75, 3.05) is 5.32 Å². The number of para-hydroxylation sites is 3. The van der Waals surface area contributed by atoms with Crippen molar-refractivity contribution in [1.82, 2.24) is 10.1 Å². The first-order chi connectivity index (χ1) is 14.7. The van der Waals surface area contributed by atoms with Gasteiger partial charge in [0, 0.05) is 18.4 Å². The lowest BCUT2D eigenvalue weighted by Gasteiger charge is -2.12. The second-order valence-electron chi connectivity index (χ2n) is 6.45. The Bertz CT molecular complexity index is 1150. The van der Waals surface area contributed by atoms with Crippen LogP contribution in [0.2, 0.25) is 5.02 Å². The van der Waals surface area contributed by atoms with Gasteiger partial charge < -0.3 is 14.6 Å². The summed E-state index contributed by atoms with van der Waals surface area (Å²) in [5.41, 5.74) is 1.42. The standard InChI is InChI=1S/C23H18ClN3O3/c24-17-10-4-6-12-19(17)29-20-13-7-5-11-18(20)25-21(28)14-15-22-26-23(27-30-22)16-8-2-1-3-9-16/h1-13H,14-15H2,(H,25,28). The number of aryl methyl sites for hydroxylation is 1. The van der Waals surface area contributed by atoms with Gasteiger partial charge in [-0.3, -0.25) is 4.79 Å². The Kier molecular flexibility index (Phi) is 6.06. The van der Waals surface area contributed by atoms with Gasteiger partial charge in [-0.1, -0.05) is 71.4 Å². The van der Waals surface area contributed by atoms with E-state index in [0.717, 1.165) is 5.56 Å². The molecule has 150 valence electrons. The zero-order valence-corrected chi connectivity index (χ0v) is 16.7. The molecule has 3 aromatic carbocycles. The Balaban J connectivity index is 1.38. The van der Waals surface area contributed by atoms with E-state index in [1.54, 1.807) is 24.3 Å². The SMILES string of the molecule is O=C(CCc1nc(-c2ccccc2)no1)Nc1ccccc1Oc1ccccc1Cl. The average molecular weight is 420 g/mol. The van der Waals surface area contributed by atoms with Gasteiger partial charge in [0.2, 0.25) is 17.6 Å². The molecule has 0 bridgehead atoms. The van der Waals surface area contributed by atoms with Crippen LogP contribution in [0.5, 0.6) is 11.5 Å². The van der Waals surface area contributed by atoms with Crippen molar-refractivity contribution in [3.05, 3.63) is 89.8 Å². The number of benzene rings is 3. The molecule has 0 saturated carbocycles. The average Bonchev–Trinajstić information content (AvgIpc) is 3.25. The molecule has 1 N–H and O–H groups in total. The summed E-state index contributed by atoms with van der Waals surface area (Å²) in [7, 11) is 0. The van der Waals surface area contributed by atoms with Crippen LogP contribution in [0, 0.1) is 0 Å². The zero-order valence-electron chi connectivity index (χ0n) is 15.9. The summed E-state index contributed by atoms with van der Waals surface area (Å²) in [6.07, 6.45) is 0.524. The van der Waals surface area contributed by atoms with E-state index in [1.807, 2.05) is 54.6 Å². The minimum Gasteiger partial charge on any atom is -0.454 e. The van der Waals surface area contributed by atoms with Crippen LogP contribution >= 0.6 is 11.6 Å². The third kappa shape index (κ3) is 4.85. The van der Waals surface area contributed by atoms with Crippen LogP contribution < -0.4 is 10.1 Å². The first-order valence-electron chi connectivity index (χ1n) is 9.38. The lowest BCUT2D eigenvalue weighted by molar-refractivity contribution is -0.116. The van der Waals surface area contributed by atoms with E-state index in [2.05, 4.69) is 15.5 Å². The van der Waals surface area contributed by atoms with Crippen molar-refractivity contribution in [1.29, 1.82) is 0 Å². The zero-order chi connectivity index (χ0) is 20.8. The maximum atomic E-state index is 12.5. The summed E-state index contributed by atoms with van der Waals surface area (Å²) in [6, 6.07) is 23.9. The van der Waals surface area contributed by atoms with E-state index in [1.165, 1.54) is 0 Å². The topological polar surface area (TPSA) is 77.2 Å². The van der Waals surface area contributed by atoms with Gasteiger partial charge in [-0.15, -0.1) is 0 Å². The van der Waals surface area contributed by atoms with Crippen LogP contribution in [0.1, 0.15) is 12.3 Å². The Labute approximate surface area is 178 Å². The summed E-state index contributed by atoms with van der Waals surface area (Å²) in [6.45, 7) is 0. The quantitative estimate of drug-likeness (QED) is 0.412. The molecule has 6 nitrogen and oxygen atoms in total. The second-order valence-corrected chi connectivity index (χ2v) is 6.86. The Morgan fingerprint density at radius 2 is 1.63 bits per heavy atom. The number of anilines is 1. The van der Waals surface area contributed by atoms with E-state index >= 15 is 0 Å². The third-order valence-corrected chi connectivity index (χ3v) is 4.60. The number of nitrogens with one attached hydrogen (secondary N) is 1. The van der Waals surface area contributed by atoms with Crippen LogP contribution in [-0.2, 0) is 11.2 Å². The molecule has 1 heterocycles. The normalized spacial score (nSPS) is 10.6. The van der Waals surface area contributed by atoms with Crippen molar-refractivity contribution in [3.8, 4) is 22.9 Å². The van der Waals surface area contributed by atoms with E-state index in [4.69, 9.17) is 20.9 Å². The Hall–Kier alpha value is -3.64. The molecule has 0 aliphatic carbocycles. The molecular formula is C23H18ClN3O3. The molecule has 4 rings (SSSR count). The molecule has 1 amide bonds. The lowest BCUT2D eigenvalue weighted by atomic mass is 10.2. The number of amides is 1. The van der Waals surface area contributed by atoms with Crippen molar-refractivity contribution >= 4 is 23.2 Å². The van der Waals surface area contributed by atoms with Gasteiger partial charge in [-0.2, -0.15) is 4.98 Å². The largest absolute Gasteiger partial charge is 0.454 e. The first-order valence-corrected chi connectivity index (χ1v) is 9.76. The molecule has 0 unspecified atom stereocenters. The number of halogens is 1. The van der Waals surface area contributed by atoms with Crippen molar-refractivity contribution < 1.29 is 14.1 Å². The number of carbonyl (C=O) groups excluding carboxylic acids is 1. The molecule has 7 heteroatoms. The lowest BCUT2D eigenvalue weighted by Crippen LogP contribution is -2.13. The minimum atomic E-state index is -0.190. The van der Waals surface area contributed by atoms with E-state index in [-0.39, 0.29) is 12.3 Å². The molecule has 0 saturated heterocycles. The summed E-state index contributed by atoms with van der Waals surface area (Å²) in [5, 5.41) is 7.32. The van der Waals surface area contributed by atoms with Gasteiger partial charge in [0.25, 0.3) is 0 Å². The third-order valence-electron chi connectivity index (χ3n) is 4.28. The van der Waals surface area contributed by atoms with Crippen LogP contribution in [0.15, 0.2) is 83.4 Å². The molecule has 0 atom stereocenters. The van der Waals surface area contributed by atoms with Crippen molar-refractivity contribution in [2.45, 2.75) is 12.8 Å². The molecule has 0 aliphatic rings. The highest BCUT2D eigenvalue weighted by molar-refractivity contribution is 6.32. The molecule has 0 radical (unpaired) electrons. The fourth-order valence-electron chi connectivity index (χ4n) is 2.80. The first kappa shape index (κ1) is 19.7. The molecule has 0 spiro atoms. The van der Waals surface area contributed by atoms with E-state index in [0.29, 0.717) is 40.3 Å². The minimum absolute atomic E-state index is 0.190. The second kappa shape index (κ2) is 9.24. The van der Waals surface area contributed by atoms with Gasteiger partial charge in [0.1, 0.15) is 5.75 Å². The highest BCUT2D eigenvalue weighted by Gasteiger charge is 2.13. The van der Waals surface area contributed by atoms with Gasteiger partial charge >= 0.3 is 0 Å². The van der Waals surface area contributed by atoms with Gasteiger partial charge in [-0.05, 0) is 24.3 Å². The van der Waals surface area contributed by atoms with Crippen molar-refractivity contribution in [2.24, 2.45) is 0 Å². The van der Waals surface area contributed by atoms with E-state index < -0.39 is 0 Å². The molecule has 0 fully saturated rings. The molecule has 30 heavy (non-hydrogen) atoms. The summed E-state index contributed by atoms with van der Waals surface area (Å²) in [4.78, 5) is 16.8. The number of hydrogen-bond donors (Lipinski definition) is 1. The predicted molar refractivity (Wildman–Crippen MR) is 115 cm³/mol. The molecule has 4 aromatic rings. The maximum absolute atomic E-state index is 12.5. The maximum Gasteiger partial charge on any atom is 0.227 e.